The Hall–Kier alpha value is -3.52. The first kappa shape index (κ1) is 27.1. The third kappa shape index (κ3) is 5.65. The van der Waals surface area contributed by atoms with Gasteiger partial charge in [-0.25, -0.2) is 8.78 Å². The molecular formula is C25H20F5N3O2S. The number of hydrogen-bond donors (Lipinski definition) is 0. The Labute approximate surface area is 210 Å². The van der Waals surface area contributed by atoms with Crippen LogP contribution in [0.5, 0.6) is 0 Å². The van der Waals surface area contributed by atoms with Gasteiger partial charge in [0.2, 0.25) is 5.91 Å². The van der Waals surface area contributed by atoms with Crippen molar-refractivity contribution >= 4 is 36.1 Å². The molecule has 0 aliphatic carbocycles. The van der Waals surface area contributed by atoms with Crippen molar-refractivity contribution < 1.29 is 31.5 Å². The van der Waals surface area contributed by atoms with E-state index < -0.39 is 48.4 Å². The highest BCUT2D eigenvalue weighted by Gasteiger charge is 2.47. The Balaban J connectivity index is 0.00000361. The van der Waals surface area contributed by atoms with Crippen LogP contribution in [0, 0.1) is 11.3 Å². The van der Waals surface area contributed by atoms with Crippen molar-refractivity contribution in [3.8, 4) is 17.2 Å². The Morgan fingerprint density at radius 3 is 2.36 bits per heavy atom. The second-order valence-corrected chi connectivity index (χ2v) is 8.32. The molecule has 1 saturated heterocycles. The average molecular weight is 522 g/mol. The second kappa shape index (κ2) is 10.2. The quantitative estimate of drug-likeness (QED) is 0.316. The predicted molar refractivity (Wildman–Crippen MR) is 127 cm³/mol. The van der Waals surface area contributed by atoms with Gasteiger partial charge in [0.1, 0.15) is 6.04 Å². The Kier molecular flexibility index (Phi) is 7.69. The maximum absolute atomic E-state index is 13.6. The summed E-state index contributed by atoms with van der Waals surface area (Å²) in [6.07, 6.45) is -4.37. The first-order valence-electron chi connectivity index (χ1n) is 10.6. The molecule has 2 heterocycles. The third-order valence-electron chi connectivity index (χ3n) is 5.89. The summed E-state index contributed by atoms with van der Waals surface area (Å²) in [5, 5.41) is 9.51. The van der Waals surface area contributed by atoms with E-state index in [2.05, 4.69) is 4.98 Å². The number of amides is 1. The van der Waals surface area contributed by atoms with Crippen molar-refractivity contribution in [2.45, 2.75) is 37.4 Å². The van der Waals surface area contributed by atoms with Gasteiger partial charge >= 0.3 is 6.18 Å². The monoisotopic (exact) mass is 521 g/mol. The van der Waals surface area contributed by atoms with Crippen LogP contribution in [0.15, 0.2) is 54.7 Å². The molecule has 0 unspecified atom stereocenters. The van der Waals surface area contributed by atoms with Gasteiger partial charge < -0.3 is 4.90 Å². The Bertz CT molecular complexity index is 1340. The summed E-state index contributed by atoms with van der Waals surface area (Å²) in [5.74, 6) is -4.27. The number of aromatic nitrogens is 1. The molecule has 36 heavy (non-hydrogen) atoms. The van der Waals surface area contributed by atoms with Gasteiger partial charge in [-0.15, -0.1) is 0 Å². The van der Waals surface area contributed by atoms with Crippen LogP contribution in [0.2, 0.25) is 0 Å². The molecule has 188 valence electrons. The summed E-state index contributed by atoms with van der Waals surface area (Å²) >= 11 is 0. The van der Waals surface area contributed by atoms with Gasteiger partial charge in [-0.05, 0) is 41.5 Å². The summed E-state index contributed by atoms with van der Waals surface area (Å²) in [6.45, 7) is -0.854. The molecule has 0 saturated carbocycles. The standard InChI is InChI=1S/C25H18F5N3O2.H2S/c26-24(27)12-18(13-31)33(14-24)23(35)8-7-22(34)19-9-10-32-21-6-3-16(11-20(19)21)15-1-4-17(5-2-15)25(28,29)30;/h1-6,9-11,18H,7-8,12,14H2;1H2/t18-;/m0./s1. The second-order valence-electron chi connectivity index (χ2n) is 8.32. The number of carbonyl (C=O) groups is 2. The van der Waals surface area contributed by atoms with Crippen LogP contribution in [-0.2, 0) is 11.0 Å². The topological polar surface area (TPSA) is 74.1 Å². The highest BCUT2D eigenvalue weighted by atomic mass is 32.1. The van der Waals surface area contributed by atoms with Gasteiger partial charge in [-0.3, -0.25) is 14.6 Å². The summed E-state index contributed by atoms with van der Waals surface area (Å²) in [4.78, 5) is 30.4. The molecule has 4 rings (SSSR count). The van der Waals surface area contributed by atoms with E-state index in [1.807, 2.05) is 0 Å². The third-order valence-corrected chi connectivity index (χ3v) is 5.89. The molecule has 3 aromatic rings. The van der Waals surface area contributed by atoms with E-state index in [0.717, 1.165) is 17.0 Å². The van der Waals surface area contributed by atoms with E-state index in [1.165, 1.54) is 24.4 Å². The maximum Gasteiger partial charge on any atom is 0.416 e. The van der Waals surface area contributed by atoms with Crippen molar-refractivity contribution in [2.24, 2.45) is 0 Å². The van der Waals surface area contributed by atoms with Gasteiger partial charge in [0, 0.05) is 36.4 Å². The number of pyridine rings is 1. The number of nitriles is 1. The number of carbonyl (C=O) groups excluding carboxylic acids is 2. The lowest BCUT2D eigenvalue weighted by molar-refractivity contribution is -0.137. The Morgan fingerprint density at radius 1 is 1.06 bits per heavy atom. The van der Waals surface area contributed by atoms with Gasteiger partial charge in [-0.2, -0.15) is 31.9 Å². The molecule has 1 fully saturated rings. The number of alkyl halides is 5. The summed E-state index contributed by atoms with van der Waals surface area (Å²) in [7, 11) is 0. The molecule has 0 bridgehead atoms. The summed E-state index contributed by atoms with van der Waals surface area (Å²) in [6, 6.07) is 11.5. The van der Waals surface area contributed by atoms with Crippen LogP contribution in [-0.4, -0.2) is 40.1 Å². The first-order valence-corrected chi connectivity index (χ1v) is 10.6. The van der Waals surface area contributed by atoms with Crippen molar-refractivity contribution in [3.05, 3.63) is 65.9 Å². The summed E-state index contributed by atoms with van der Waals surface area (Å²) in [5.41, 5.74) is 1.02. The maximum atomic E-state index is 13.6. The normalized spacial score (nSPS) is 16.9. The van der Waals surface area contributed by atoms with Crippen molar-refractivity contribution in [3.63, 3.8) is 0 Å². The zero-order valence-electron chi connectivity index (χ0n) is 18.6. The molecule has 1 aliphatic heterocycles. The number of hydrogen-bond acceptors (Lipinski definition) is 4. The number of rotatable bonds is 5. The van der Waals surface area contributed by atoms with Crippen LogP contribution in [0.25, 0.3) is 22.0 Å². The smallest absolute Gasteiger partial charge is 0.320 e. The first-order chi connectivity index (χ1) is 16.5. The molecule has 0 radical (unpaired) electrons. The van der Waals surface area contributed by atoms with Gasteiger partial charge in [0.25, 0.3) is 5.92 Å². The number of fused-ring (bicyclic) bond motifs is 1. The molecule has 0 spiro atoms. The van der Waals surface area contributed by atoms with Crippen molar-refractivity contribution in [1.29, 1.82) is 5.26 Å². The molecule has 1 aliphatic rings. The van der Waals surface area contributed by atoms with Crippen LogP contribution in [0.4, 0.5) is 22.0 Å². The lowest BCUT2D eigenvalue weighted by atomic mass is 9.97. The number of likely N-dealkylation sites (tertiary alicyclic amines) is 1. The van der Waals surface area contributed by atoms with E-state index in [4.69, 9.17) is 5.26 Å². The zero-order chi connectivity index (χ0) is 25.4. The largest absolute Gasteiger partial charge is 0.416 e. The minimum absolute atomic E-state index is 0. The highest BCUT2D eigenvalue weighted by Crippen LogP contribution is 2.33. The molecule has 1 aromatic heterocycles. The van der Waals surface area contributed by atoms with E-state index in [-0.39, 0.29) is 31.9 Å². The van der Waals surface area contributed by atoms with Gasteiger partial charge in [0.15, 0.2) is 5.78 Å². The van der Waals surface area contributed by atoms with E-state index in [0.29, 0.717) is 22.0 Å². The summed E-state index contributed by atoms with van der Waals surface area (Å²) < 4.78 is 65.8. The van der Waals surface area contributed by atoms with Crippen molar-refractivity contribution in [2.75, 3.05) is 6.54 Å². The SMILES string of the molecule is N#C[C@@H]1CC(F)(F)CN1C(=O)CCC(=O)c1ccnc2ccc(-c3ccc(C(F)(F)F)cc3)cc12.S. The highest BCUT2D eigenvalue weighted by molar-refractivity contribution is 7.59. The number of ketones is 1. The van der Waals surface area contributed by atoms with E-state index >= 15 is 0 Å². The average Bonchev–Trinajstić information content (AvgIpc) is 3.15. The van der Waals surface area contributed by atoms with Crippen molar-refractivity contribution in [1.82, 2.24) is 9.88 Å². The van der Waals surface area contributed by atoms with Crippen LogP contribution in [0.3, 0.4) is 0 Å². The van der Waals surface area contributed by atoms with Gasteiger partial charge in [-0.1, -0.05) is 18.2 Å². The fourth-order valence-electron chi connectivity index (χ4n) is 4.11. The van der Waals surface area contributed by atoms with Gasteiger partial charge in [0.05, 0.1) is 23.7 Å². The van der Waals surface area contributed by atoms with E-state index in [9.17, 15) is 31.5 Å². The van der Waals surface area contributed by atoms with Crippen LogP contribution >= 0.6 is 13.5 Å². The fraction of sp³-hybridized carbons (Fsp3) is 0.280. The van der Waals surface area contributed by atoms with Crippen LogP contribution in [0.1, 0.15) is 35.2 Å². The minimum atomic E-state index is -4.46. The number of Topliss-reactive ketones (excluding diaryl/α,β-unsaturated/α-hetero) is 1. The molecular weight excluding hydrogens is 501 g/mol. The molecule has 11 heteroatoms. The molecule has 0 N–H and O–H groups in total. The predicted octanol–water partition coefficient (Wildman–Crippen LogP) is 5.76. The lowest BCUT2D eigenvalue weighted by Gasteiger charge is -2.18. The molecule has 2 aromatic carbocycles. The molecule has 5 nitrogen and oxygen atoms in total. The molecule has 1 amide bonds. The van der Waals surface area contributed by atoms with Crippen LogP contribution < -0.4 is 0 Å². The Morgan fingerprint density at radius 2 is 1.72 bits per heavy atom. The minimum Gasteiger partial charge on any atom is -0.320 e. The number of benzene rings is 2. The number of halogens is 5. The zero-order valence-corrected chi connectivity index (χ0v) is 19.6. The van der Waals surface area contributed by atoms with E-state index in [1.54, 1.807) is 24.3 Å². The lowest BCUT2D eigenvalue weighted by Crippen LogP contribution is -2.36. The molecule has 1 atom stereocenters. The fourth-order valence-corrected chi connectivity index (χ4v) is 4.11. The number of nitrogens with zero attached hydrogens (tertiary/aromatic N) is 3.